The number of hydrogen-bond donors (Lipinski definition) is 1. The van der Waals surface area contributed by atoms with Gasteiger partial charge in [-0.2, -0.15) is 0 Å². The zero-order valence-corrected chi connectivity index (χ0v) is 19.6. The Balaban J connectivity index is 1.36. The van der Waals surface area contributed by atoms with E-state index in [-0.39, 0.29) is 24.7 Å². The van der Waals surface area contributed by atoms with Crippen molar-refractivity contribution in [2.75, 3.05) is 24.5 Å². The number of nitrogens with one attached hydrogen (secondary N) is 1. The van der Waals surface area contributed by atoms with Gasteiger partial charge in [0.15, 0.2) is 0 Å². The normalized spacial score (nSPS) is 26.9. The number of anilines is 1. The highest BCUT2D eigenvalue weighted by Gasteiger charge is 2.45. The van der Waals surface area contributed by atoms with Gasteiger partial charge in [-0.3, -0.25) is 19.6 Å². The van der Waals surface area contributed by atoms with Gasteiger partial charge in [0.25, 0.3) is 6.43 Å². The molecule has 2 saturated heterocycles. The van der Waals surface area contributed by atoms with Crippen LogP contribution in [-0.2, 0) is 5.54 Å². The zero-order valence-electron chi connectivity index (χ0n) is 19.6. The van der Waals surface area contributed by atoms with E-state index >= 15 is 0 Å². The lowest BCUT2D eigenvalue weighted by atomic mass is 9.88. The van der Waals surface area contributed by atoms with Gasteiger partial charge in [0.1, 0.15) is 5.65 Å². The number of alkyl halides is 2. The fourth-order valence-corrected chi connectivity index (χ4v) is 5.81. The molecule has 3 aliphatic heterocycles. The maximum absolute atomic E-state index is 13.0. The van der Waals surface area contributed by atoms with Crippen LogP contribution in [0.1, 0.15) is 37.1 Å². The monoisotopic (exact) mass is 477 g/mol. The third-order valence-corrected chi connectivity index (χ3v) is 7.55. The summed E-state index contributed by atoms with van der Waals surface area (Å²) in [6, 6.07) is 12.8. The van der Waals surface area contributed by atoms with Crippen molar-refractivity contribution in [3.05, 3.63) is 72.3 Å². The quantitative estimate of drug-likeness (QED) is 0.561. The standard InChI is InChI=1S/C26H29F2N7/c1-18(19-5-3-2-4-6-19)32-26(7-9-29-10-8-26)22-14-24-30-11-12-34(24)25(31-22)35-16-20-13-21(35)15-33(20)17-23(27)28/h2-7,9-12,14,18,20-21,23,32H,8,13,15-17H2,1H3/t18-,20-,21-,26?/m0/s1. The molecule has 3 aromatic rings. The van der Waals surface area contributed by atoms with Crippen LogP contribution in [0, 0.1) is 0 Å². The number of halogens is 2. The number of hydrogen-bond acceptors (Lipinski definition) is 6. The smallest absolute Gasteiger partial charge is 0.251 e. The lowest BCUT2D eigenvalue weighted by Crippen LogP contribution is -2.49. The molecule has 0 amide bonds. The van der Waals surface area contributed by atoms with Gasteiger partial charge in [-0.15, -0.1) is 0 Å². The molecule has 2 fully saturated rings. The molecule has 1 unspecified atom stereocenters. The third kappa shape index (κ3) is 4.02. The maximum atomic E-state index is 13.0. The predicted octanol–water partition coefficient (Wildman–Crippen LogP) is 3.79. The third-order valence-electron chi connectivity index (χ3n) is 7.55. The summed E-state index contributed by atoms with van der Waals surface area (Å²) in [7, 11) is 0. The summed E-state index contributed by atoms with van der Waals surface area (Å²) in [5.74, 6) is 0.823. The van der Waals surface area contributed by atoms with Crippen molar-refractivity contribution in [3.63, 3.8) is 0 Å². The van der Waals surface area contributed by atoms with Crippen LogP contribution in [0.2, 0.25) is 0 Å². The Labute approximate surface area is 203 Å². The van der Waals surface area contributed by atoms with Gasteiger partial charge in [-0.05, 0) is 25.0 Å². The number of nitrogens with zero attached hydrogens (tertiary/aromatic N) is 6. The van der Waals surface area contributed by atoms with Crippen LogP contribution < -0.4 is 10.2 Å². The number of imidazole rings is 1. The van der Waals surface area contributed by atoms with E-state index in [9.17, 15) is 8.78 Å². The average Bonchev–Trinajstić information content (AvgIpc) is 3.60. The Morgan fingerprint density at radius 3 is 2.74 bits per heavy atom. The second-order valence-corrected chi connectivity index (χ2v) is 9.74. The number of rotatable bonds is 7. The topological polar surface area (TPSA) is 61.1 Å². The Bertz CT molecular complexity index is 1260. The minimum Gasteiger partial charge on any atom is -0.336 e. The highest BCUT2D eigenvalue weighted by atomic mass is 19.3. The van der Waals surface area contributed by atoms with Crippen molar-refractivity contribution in [2.24, 2.45) is 4.99 Å². The summed E-state index contributed by atoms with van der Waals surface area (Å²) < 4.78 is 28.1. The number of aromatic nitrogens is 3. The van der Waals surface area contributed by atoms with Crippen molar-refractivity contribution in [2.45, 2.75) is 49.9 Å². The van der Waals surface area contributed by atoms with Crippen LogP contribution in [-0.4, -0.2) is 63.6 Å². The summed E-state index contributed by atoms with van der Waals surface area (Å²) >= 11 is 0. The molecule has 2 aromatic heterocycles. The second kappa shape index (κ2) is 8.80. The number of likely N-dealkylation sites (tertiary alicyclic amines) is 1. The molecule has 0 radical (unpaired) electrons. The summed E-state index contributed by atoms with van der Waals surface area (Å²) in [5.41, 5.74) is 2.35. The molecule has 0 aliphatic carbocycles. The van der Waals surface area contributed by atoms with E-state index in [0.717, 1.165) is 23.7 Å². The first-order valence-electron chi connectivity index (χ1n) is 12.2. The Kier molecular flexibility index (Phi) is 5.61. The second-order valence-electron chi connectivity index (χ2n) is 9.74. The van der Waals surface area contributed by atoms with Gasteiger partial charge in [0.2, 0.25) is 5.95 Å². The summed E-state index contributed by atoms with van der Waals surface area (Å²) in [6.07, 6.45) is 8.78. The molecule has 0 saturated carbocycles. The molecule has 5 heterocycles. The number of fused-ring (bicyclic) bond motifs is 3. The van der Waals surface area contributed by atoms with Crippen LogP contribution in [0.25, 0.3) is 5.65 Å². The first-order valence-corrected chi connectivity index (χ1v) is 12.2. The van der Waals surface area contributed by atoms with Crippen LogP contribution in [0.5, 0.6) is 0 Å². The fourth-order valence-electron chi connectivity index (χ4n) is 5.81. The minimum absolute atomic E-state index is 0.0827. The molecule has 9 heteroatoms. The maximum Gasteiger partial charge on any atom is 0.251 e. The first-order chi connectivity index (χ1) is 17.0. The van der Waals surface area contributed by atoms with E-state index in [1.54, 1.807) is 6.20 Å². The van der Waals surface area contributed by atoms with Crippen molar-refractivity contribution < 1.29 is 8.78 Å². The summed E-state index contributed by atoms with van der Waals surface area (Å²) in [6.45, 7) is 3.33. The van der Waals surface area contributed by atoms with Gasteiger partial charge >= 0.3 is 0 Å². The molecule has 0 spiro atoms. The van der Waals surface area contributed by atoms with Crippen LogP contribution in [0.4, 0.5) is 14.7 Å². The molecular formula is C26H29F2N7. The largest absolute Gasteiger partial charge is 0.336 e. The molecule has 7 nitrogen and oxygen atoms in total. The molecule has 3 aliphatic rings. The van der Waals surface area contributed by atoms with E-state index in [4.69, 9.17) is 4.98 Å². The number of piperazine rings is 1. The average molecular weight is 478 g/mol. The first kappa shape index (κ1) is 22.3. The zero-order chi connectivity index (χ0) is 24.0. The predicted molar refractivity (Wildman–Crippen MR) is 132 cm³/mol. The van der Waals surface area contributed by atoms with E-state index in [1.807, 2.05) is 52.2 Å². The molecule has 182 valence electrons. The molecule has 1 aromatic carbocycles. The van der Waals surface area contributed by atoms with E-state index in [2.05, 4.69) is 45.3 Å². The highest BCUT2D eigenvalue weighted by Crippen LogP contribution is 2.37. The van der Waals surface area contributed by atoms with Gasteiger partial charge in [0.05, 0.1) is 17.8 Å². The Morgan fingerprint density at radius 1 is 1.17 bits per heavy atom. The van der Waals surface area contributed by atoms with Crippen molar-refractivity contribution >= 4 is 17.8 Å². The van der Waals surface area contributed by atoms with Gasteiger partial charge in [0, 0.05) is 68.5 Å². The molecular weight excluding hydrogens is 448 g/mol. The van der Waals surface area contributed by atoms with Crippen LogP contribution in [0.3, 0.4) is 0 Å². The minimum atomic E-state index is -2.30. The van der Waals surface area contributed by atoms with Gasteiger partial charge < -0.3 is 4.90 Å². The Hall–Kier alpha value is -3.17. The lowest BCUT2D eigenvalue weighted by molar-refractivity contribution is 0.0789. The number of benzene rings is 1. The van der Waals surface area contributed by atoms with Crippen molar-refractivity contribution in [3.8, 4) is 0 Å². The molecule has 6 rings (SSSR count). The molecule has 4 atom stereocenters. The van der Waals surface area contributed by atoms with Crippen molar-refractivity contribution in [1.82, 2.24) is 24.6 Å². The SMILES string of the molecule is C[C@H](NC1(c2cc3nccn3c(N3C[C@@H]4C[C@H]3CN4CC(F)F)n2)C=CN=CC1)c1ccccc1. The molecule has 2 bridgehead atoms. The highest BCUT2D eigenvalue weighted by molar-refractivity contribution is 5.64. The van der Waals surface area contributed by atoms with E-state index in [1.165, 1.54) is 5.56 Å². The van der Waals surface area contributed by atoms with Crippen LogP contribution in [0.15, 0.2) is 66.1 Å². The summed E-state index contributed by atoms with van der Waals surface area (Å²) in [4.78, 5) is 18.3. The van der Waals surface area contributed by atoms with E-state index < -0.39 is 12.0 Å². The van der Waals surface area contributed by atoms with E-state index in [0.29, 0.717) is 19.5 Å². The lowest BCUT2D eigenvalue weighted by Gasteiger charge is -2.37. The van der Waals surface area contributed by atoms with Gasteiger partial charge in [-0.25, -0.2) is 18.7 Å². The summed E-state index contributed by atoms with van der Waals surface area (Å²) in [5, 5.41) is 3.81. The Morgan fingerprint density at radius 2 is 2.03 bits per heavy atom. The van der Waals surface area contributed by atoms with Crippen LogP contribution >= 0.6 is 0 Å². The van der Waals surface area contributed by atoms with Crippen molar-refractivity contribution in [1.29, 1.82) is 0 Å². The van der Waals surface area contributed by atoms with Gasteiger partial charge in [-0.1, -0.05) is 30.3 Å². The fraction of sp³-hybridized carbons (Fsp3) is 0.423. The number of aliphatic imine (C=N–C) groups is 1. The molecule has 35 heavy (non-hydrogen) atoms. The molecule has 1 N–H and O–H groups in total.